The second-order valence-electron chi connectivity index (χ2n) is 5.58. The molecular formula is C18H17N5. The smallest absolute Gasteiger partial charge is 0.215 e. The maximum atomic E-state index is 4.78. The van der Waals surface area contributed by atoms with Crippen LogP contribution in [-0.4, -0.2) is 19.6 Å². The molecule has 5 nitrogen and oxygen atoms in total. The van der Waals surface area contributed by atoms with Gasteiger partial charge in [-0.05, 0) is 36.8 Å². The molecule has 1 N–H and O–H groups in total. The number of hydrogen-bond acceptors (Lipinski definition) is 4. The van der Waals surface area contributed by atoms with Crippen molar-refractivity contribution in [2.45, 2.75) is 20.3 Å². The zero-order chi connectivity index (χ0) is 15.8. The van der Waals surface area contributed by atoms with E-state index in [-0.39, 0.29) is 0 Å². The van der Waals surface area contributed by atoms with E-state index in [1.165, 1.54) is 5.56 Å². The number of fused-ring (bicyclic) bond motifs is 3. The maximum Gasteiger partial charge on any atom is 0.215 e. The monoisotopic (exact) mass is 303 g/mol. The van der Waals surface area contributed by atoms with Crippen molar-refractivity contribution in [2.75, 3.05) is 5.32 Å². The fourth-order valence-electron chi connectivity index (χ4n) is 2.80. The Morgan fingerprint density at radius 1 is 1.04 bits per heavy atom. The minimum atomic E-state index is 0.742. The summed E-state index contributed by atoms with van der Waals surface area (Å²) in [5.41, 5.74) is 3.95. The van der Waals surface area contributed by atoms with Gasteiger partial charge in [-0.25, -0.2) is 9.38 Å². The van der Waals surface area contributed by atoms with Gasteiger partial charge in [-0.2, -0.15) is 0 Å². The number of para-hydroxylation sites is 1. The molecule has 114 valence electrons. The van der Waals surface area contributed by atoms with Gasteiger partial charge in [0.05, 0.1) is 5.52 Å². The van der Waals surface area contributed by atoms with Crippen LogP contribution in [-0.2, 0) is 6.42 Å². The Bertz CT molecular complexity index is 1000. The van der Waals surface area contributed by atoms with Crippen molar-refractivity contribution >= 4 is 28.2 Å². The predicted molar refractivity (Wildman–Crippen MR) is 92.1 cm³/mol. The molecule has 0 atom stereocenters. The van der Waals surface area contributed by atoms with E-state index in [1.807, 2.05) is 40.8 Å². The average molecular weight is 303 g/mol. The fraction of sp³-hybridized carbons (Fsp3) is 0.167. The Kier molecular flexibility index (Phi) is 3.19. The highest BCUT2D eigenvalue weighted by molar-refractivity contribution is 5.92. The lowest BCUT2D eigenvalue weighted by atomic mass is 10.2. The number of nitrogens with one attached hydrogen (secondary N) is 1. The zero-order valence-corrected chi connectivity index (χ0v) is 13.1. The minimum absolute atomic E-state index is 0.742. The van der Waals surface area contributed by atoms with E-state index in [4.69, 9.17) is 4.98 Å². The third-order valence-corrected chi connectivity index (χ3v) is 3.90. The SMILES string of the molecule is CCc1nnc2c3ccccc3nc(Nc3cccc(C)c3)n12. The third kappa shape index (κ3) is 2.30. The highest BCUT2D eigenvalue weighted by Gasteiger charge is 2.14. The summed E-state index contributed by atoms with van der Waals surface area (Å²) in [7, 11) is 0. The Hall–Kier alpha value is -2.95. The van der Waals surface area contributed by atoms with Gasteiger partial charge in [-0.1, -0.05) is 31.2 Å². The van der Waals surface area contributed by atoms with Gasteiger partial charge in [0.25, 0.3) is 0 Å². The Morgan fingerprint density at radius 3 is 2.74 bits per heavy atom. The number of hydrogen-bond donors (Lipinski definition) is 1. The van der Waals surface area contributed by atoms with Gasteiger partial charge >= 0.3 is 0 Å². The second-order valence-corrected chi connectivity index (χ2v) is 5.58. The lowest BCUT2D eigenvalue weighted by Gasteiger charge is -2.11. The molecule has 2 aromatic heterocycles. The van der Waals surface area contributed by atoms with Crippen molar-refractivity contribution in [3.63, 3.8) is 0 Å². The summed E-state index contributed by atoms with van der Waals surface area (Å²) in [5, 5.41) is 13.1. The van der Waals surface area contributed by atoms with Crippen molar-refractivity contribution in [1.29, 1.82) is 0 Å². The molecule has 0 fully saturated rings. The molecule has 5 heteroatoms. The first-order valence-corrected chi connectivity index (χ1v) is 7.72. The van der Waals surface area contributed by atoms with Gasteiger partial charge in [-0.15, -0.1) is 10.2 Å². The molecule has 0 saturated carbocycles. The number of anilines is 2. The molecule has 2 aromatic carbocycles. The Morgan fingerprint density at radius 2 is 1.91 bits per heavy atom. The Balaban J connectivity index is 1.97. The Labute approximate surface area is 134 Å². The van der Waals surface area contributed by atoms with Gasteiger partial charge in [-0.3, -0.25) is 0 Å². The van der Waals surface area contributed by atoms with Crippen molar-refractivity contribution in [3.05, 3.63) is 59.9 Å². The highest BCUT2D eigenvalue weighted by atomic mass is 15.3. The van der Waals surface area contributed by atoms with Crippen LogP contribution < -0.4 is 5.32 Å². The van der Waals surface area contributed by atoms with Gasteiger partial charge in [0, 0.05) is 17.5 Å². The van der Waals surface area contributed by atoms with E-state index in [0.29, 0.717) is 0 Å². The zero-order valence-electron chi connectivity index (χ0n) is 13.1. The lowest BCUT2D eigenvalue weighted by Crippen LogP contribution is -2.05. The molecular weight excluding hydrogens is 286 g/mol. The van der Waals surface area contributed by atoms with E-state index in [9.17, 15) is 0 Å². The molecule has 4 aromatic rings. The van der Waals surface area contributed by atoms with E-state index < -0.39 is 0 Å². The quantitative estimate of drug-likeness (QED) is 0.624. The van der Waals surface area contributed by atoms with Crippen LogP contribution >= 0.6 is 0 Å². The first kappa shape index (κ1) is 13.7. The van der Waals surface area contributed by atoms with E-state index in [1.54, 1.807) is 0 Å². The largest absolute Gasteiger partial charge is 0.325 e. The van der Waals surface area contributed by atoms with Gasteiger partial charge < -0.3 is 5.32 Å². The van der Waals surface area contributed by atoms with Crippen LogP contribution in [0.4, 0.5) is 11.6 Å². The van der Waals surface area contributed by atoms with Crippen LogP contribution in [0.1, 0.15) is 18.3 Å². The number of benzene rings is 2. The fourth-order valence-corrected chi connectivity index (χ4v) is 2.80. The van der Waals surface area contributed by atoms with E-state index >= 15 is 0 Å². The predicted octanol–water partition coefficient (Wildman–Crippen LogP) is 3.89. The van der Waals surface area contributed by atoms with Crippen LogP contribution in [0.5, 0.6) is 0 Å². The van der Waals surface area contributed by atoms with Crippen LogP contribution in [0.2, 0.25) is 0 Å². The number of aryl methyl sites for hydroxylation is 2. The first-order chi connectivity index (χ1) is 11.3. The molecule has 0 bridgehead atoms. The number of rotatable bonds is 3. The van der Waals surface area contributed by atoms with Crippen molar-refractivity contribution < 1.29 is 0 Å². The van der Waals surface area contributed by atoms with Crippen LogP contribution in [0.25, 0.3) is 16.6 Å². The molecule has 0 radical (unpaired) electrons. The molecule has 0 aliphatic rings. The molecule has 0 spiro atoms. The second kappa shape index (κ2) is 5.35. The summed E-state index contributed by atoms with van der Waals surface area (Å²) in [4.78, 5) is 4.78. The lowest BCUT2D eigenvalue weighted by molar-refractivity contribution is 0.904. The van der Waals surface area contributed by atoms with Crippen LogP contribution in [0.15, 0.2) is 48.5 Å². The first-order valence-electron chi connectivity index (χ1n) is 7.72. The van der Waals surface area contributed by atoms with Crippen molar-refractivity contribution in [2.24, 2.45) is 0 Å². The summed E-state index contributed by atoms with van der Waals surface area (Å²) in [6.45, 7) is 4.15. The maximum absolute atomic E-state index is 4.78. The topological polar surface area (TPSA) is 55.1 Å². The average Bonchev–Trinajstić information content (AvgIpc) is 3.00. The third-order valence-electron chi connectivity index (χ3n) is 3.90. The standard InChI is InChI=1S/C18H17N5/c1-3-16-21-22-17-14-9-4-5-10-15(14)20-18(23(16)17)19-13-8-6-7-12(2)11-13/h4-11H,3H2,1-2H3,(H,19,20). The summed E-state index contributed by atoms with van der Waals surface area (Å²) >= 11 is 0. The summed E-state index contributed by atoms with van der Waals surface area (Å²) in [6.07, 6.45) is 0.795. The number of nitrogens with zero attached hydrogens (tertiary/aromatic N) is 4. The summed E-state index contributed by atoms with van der Waals surface area (Å²) in [5.74, 6) is 1.64. The molecule has 0 aliphatic carbocycles. The minimum Gasteiger partial charge on any atom is -0.325 e. The van der Waals surface area contributed by atoms with Crippen molar-refractivity contribution in [1.82, 2.24) is 19.6 Å². The molecule has 0 amide bonds. The van der Waals surface area contributed by atoms with E-state index in [0.717, 1.165) is 40.4 Å². The molecule has 23 heavy (non-hydrogen) atoms. The van der Waals surface area contributed by atoms with Gasteiger partial charge in [0.15, 0.2) is 5.65 Å². The number of aromatic nitrogens is 4. The molecule has 4 rings (SSSR count). The van der Waals surface area contributed by atoms with E-state index in [2.05, 4.69) is 41.5 Å². The molecule has 0 unspecified atom stereocenters. The van der Waals surface area contributed by atoms with Crippen LogP contribution in [0.3, 0.4) is 0 Å². The van der Waals surface area contributed by atoms with Gasteiger partial charge in [0.1, 0.15) is 5.82 Å². The van der Waals surface area contributed by atoms with Crippen LogP contribution in [0, 0.1) is 6.92 Å². The summed E-state index contributed by atoms with van der Waals surface area (Å²) < 4.78 is 2.00. The highest BCUT2D eigenvalue weighted by Crippen LogP contribution is 2.24. The molecule has 2 heterocycles. The molecule has 0 aliphatic heterocycles. The van der Waals surface area contributed by atoms with Gasteiger partial charge in [0.2, 0.25) is 5.95 Å². The van der Waals surface area contributed by atoms with Crippen molar-refractivity contribution in [3.8, 4) is 0 Å². The normalized spacial score (nSPS) is 11.2. The summed E-state index contributed by atoms with van der Waals surface area (Å²) in [6, 6.07) is 16.2. The molecule has 0 saturated heterocycles.